The fourth-order valence-electron chi connectivity index (χ4n) is 2.55. The lowest BCUT2D eigenvalue weighted by Crippen LogP contribution is -2.32. The molecule has 1 N–H and O–H groups in total. The van der Waals surface area contributed by atoms with Crippen molar-refractivity contribution in [1.82, 2.24) is 4.90 Å². The maximum atomic E-state index is 11.6. The Morgan fingerprint density at radius 3 is 2.22 bits per heavy atom. The van der Waals surface area contributed by atoms with Crippen LogP contribution in [0.4, 0.5) is 5.69 Å². The summed E-state index contributed by atoms with van der Waals surface area (Å²) in [5.74, 6) is 0.147. The number of carboxylic acid groups (broad SMARTS) is 1. The number of hydrogen-bond donors (Lipinski definition) is 1. The first-order valence-corrected chi connectivity index (χ1v) is 9.43. The van der Waals surface area contributed by atoms with Gasteiger partial charge in [-0.05, 0) is 37.4 Å². The van der Waals surface area contributed by atoms with Gasteiger partial charge in [0, 0.05) is 36.5 Å². The van der Waals surface area contributed by atoms with Gasteiger partial charge in [0.25, 0.3) is 5.69 Å². The van der Waals surface area contributed by atoms with Crippen LogP contribution < -0.4 is 0 Å². The van der Waals surface area contributed by atoms with Crippen LogP contribution in [0.1, 0.15) is 35.3 Å². The second-order valence-electron chi connectivity index (χ2n) is 5.63. The zero-order valence-electron chi connectivity index (χ0n) is 15.2. The number of carbonyl (C=O) groups is 1. The molecule has 0 bridgehead atoms. The van der Waals surface area contributed by atoms with E-state index >= 15 is 0 Å². The molecule has 0 atom stereocenters. The first kappa shape index (κ1) is 20.4. The quantitative estimate of drug-likeness (QED) is 0.239. The molecule has 2 rings (SSSR count). The number of carboxylic acids is 1. The number of nitrogens with zero attached hydrogens (tertiary/aromatic N) is 3. The molecule has 0 heterocycles. The topological polar surface area (TPSA) is 96.0 Å². The Bertz CT molecular complexity index is 833. The van der Waals surface area contributed by atoms with E-state index in [0.29, 0.717) is 30.2 Å². The Labute approximate surface area is 162 Å². The molecular weight excluding hydrogens is 366 g/mol. The maximum Gasteiger partial charge on any atom is 0.336 e. The minimum absolute atomic E-state index is 0.0477. The lowest BCUT2D eigenvalue weighted by Gasteiger charge is -2.24. The Kier molecular flexibility index (Phi) is 7.36. The number of nitro benzene ring substituents is 1. The molecular formula is C19H21N3O4S. The third-order valence-corrected chi connectivity index (χ3v) is 4.76. The van der Waals surface area contributed by atoms with Gasteiger partial charge in [-0.25, -0.2) is 4.79 Å². The molecule has 7 nitrogen and oxygen atoms in total. The lowest BCUT2D eigenvalue weighted by atomic mass is 10.1. The average molecular weight is 387 g/mol. The van der Waals surface area contributed by atoms with Crippen LogP contribution >= 0.6 is 11.9 Å². The molecule has 0 saturated carbocycles. The van der Waals surface area contributed by atoms with E-state index in [-0.39, 0.29) is 11.3 Å². The predicted octanol–water partition coefficient (Wildman–Crippen LogP) is 4.23. The van der Waals surface area contributed by atoms with Crippen LogP contribution in [0.3, 0.4) is 0 Å². The van der Waals surface area contributed by atoms with Gasteiger partial charge < -0.3 is 10.0 Å². The highest BCUT2D eigenvalue weighted by atomic mass is 32.2. The molecule has 142 valence electrons. The van der Waals surface area contributed by atoms with Crippen LogP contribution in [0.5, 0.6) is 0 Å². The zero-order chi connectivity index (χ0) is 19.8. The summed E-state index contributed by atoms with van der Waals surface area (Å²) in [5.41, 5.74) is 1.73. The second-order valence-corrected chi connectivity index (χ2v) is 6.36. The van der Waals surface area contributed by atoms with Crippen molar-refractivity contribution in [2.75, 3.05) is 13.1 Å². The molecule has 0 unspecified atom stereocenters. The third kappa shape index (κ3) is 5.30. The highest BCUT2D eigenvalue weighted by Gasteiger charge is 2.18. The molecule has 0 aliphatic rings. The molecule has 2 aromatic rings. The first-order valence-electron chi connectivity index (χ1n) is 8.48. The zero-order valence-corrected chi connectivity index (χ0v) is 16.0. The number of benzene rings is 2. The van der Waals surface area contributed by atoms with E-state index in [2.05, 4.69) is 4.40 Å². The summed E-state index contributed by atoms with van der Waals surface area (Å²) in [4.78, 5) is 23.9. The van der Waals surface area contributed by atoms with Crippen molar-refractivity contribution in [1.29, 1.82) is 0 Å². The molecule has 0 spiro atoms. The molecule has 8 heteroatoms. The first-order chi connectivity index (χ1) is 13.0. The minimum Gasteiger partial charge on any atom is -0.478 e. The van der Waals surface area contributed by atoms with Crippen molar-refractivity contribution in [2.45, 2.75) is 19.6 Å². The van der Waals surface area contributed by atoms with Crippen molar-refractivity contribution in [3.63, 3.8) is 0 Å². The van der Waals surface area contributed by atoms with Crippen molar-refractivity contribution in [3.05, 3.63) is 75.3 Å². The summed E-state index contributed by atoms with van der Waals surface area (Å²) in [6, 6.07) is 13.1. The fraction of sp³-hybridized carbons (Fsp3) is 0.263. The van der Waals surface area contributed by atoms with E-state index < -0.39 is 10.9 Å². The molecule has 0 saturated heterocycles. The molecule has 0 radical (unpaired) electrons. The smallest absolute Gasteiger partial charge is 0.336 e. The highest BCUT2D eigenvalue weighted by Crippen LogP contribution is 2.21. The molecule has 2 aromatic carbocycles. The molecule has 0 aliphatic heterocycles. The standard InChI is InChI=1S/C19H21N3O4S/c1-3-21(4-2)18(16-7-5-6-8-17(16)19(23)24)20-27-13-14-9-11-15(12-10-14)22(25)26/h5-12H,3-4,13H2,1-2H3,(H,23,24). The van der Waals surface area contributed by atoms with Crippen LogP contribution in [0.25, 0.3) is 0 Å². The average Bonchev–Trinajstić information content (AvgIpc) is 2.68. The number of non-ortho nitro benzene ring substituents is 1. The molecule has 0 aromatic heterocycles. The Balaban J connectivity index is 2.27. The van der Waals surface area contributed by atoms with E-state index in [9.17, 15) is 20.0 Å². The van der Waals surface area contributed by atoms with Gasteiger partial charge >= 0.3 is 5.97 Å². The van der Waals surface area contributed by atoms with E-state index in [1.165, 1.54) is 24.1 Å². The second kappa shape index (κ2) is 9.72. The molecule has 27 heavy (non-hydrogen) atoms. The summed E-state index contributed by atoms with van der Waals surface area (Å²) in [7, 11) is 0. The molecule has 0 amide bonds. The van der Waals surface area contributed by atoms with Gasteiger partial charge in [0.1, 0.15) is 5.84 Å². The van der Waals surface area contributed by atoms with Crippen LogP contribution in [0.2, 0.25) is 0 Å². The van der Waals surface area contributed by atoms with E-state index in [0.717, 1.165) is 5.56 Å². The van der Waals surface area contributed by atoms with Gasteiger partial charge in [0.2, 0.25) is 0 Å². The van der Waals surface area contributed by atoms with Crippen molar-refractivity contribution in [3.8, 4) is 0 Å². The maximum absolute atomic E-state index is 11.6. The van der Waals surface area contributed by atoms with Crippen molar-refractivity contribution < 1.29 is 14.8 Å². The largest absolute Gasteiger partial charge is 0.478 e. The third-order valence-electron chi connectivity index (χ3n) is 3.99. The number of rotatable bonds is 8. The van der Waals surface area contributed by atoms with Crippen molar-refractivity contribution >= 4 is 29.4 Å². The SMILES string of the molecule is CCN(CC)C(=NSCc1ccc([N+](=O)[O-])cc1)c1ccccc1C(=O)O. The Morgan fingerprint density at radius 2 is 1.70 bits per heavy atom. The van der Waals surface area contributed by atoms with Crippen LogP contribution in [-0.4, -0.2) is 39.8 Å². The van der Waals surface area contributed by atoms with Gasteiger partial charge in [-0.3, -0.25) is 10.1 Å². The summed E-state index contributed by atoms with van der Waals surface area (Å²) < 4.78 is 4.59. The van der Waals surface area contributed by atoms with Gasteiger partial charge in [0.15, 0.2) is 0 Å². The van der Waals surface area contributed by atoms with Gasteiger partial charge in [0.05, 0.1) is 10.5 Å². The van der Waals surface area contributed by atoms with E-state index in [4.69, 9.17) is 0 Å². The van der Waals surface area contributed by atoms with Crippen LogP contribution in [0, 0.1) is 10.1 Å². The number of aromatic carboxylic acids is 1. The van der Waals surface area contributed by atoms with Crippen LogP contribution in [0.15, 0.2) is 52.9 Å². The molecule has 0 aliphatic carbocycles. The number of amidine groups is 1. The normalized spacial score (nSPS) is 11.3. The lowest BCUT2D eigenvalue weighted by molar-refractivity contribution is -0.384. The van der Waals surface area contributed by atoms with E-state index in [1.807, 2.05) is 18.7 Å². The summed E-state index contributed by atoms with van der Waals surface area (Å²) in [6.45, 7) is 5.37. The molecule has 0 fully saturated rings. The van der Waals surface area contributed by atoms with Gasteiger partial charge in [-0.1, -0.05) is 30.3 Å². The van der Waals surface area contributed by atoms with Crippen molar-refractivity contribution in [2.24, 2.45) is 4.40 Å². The summed E-state index contributed by atoms with van der Waals surface area (Å²) in [6.07, 6.45) is 0. The summed E-state index contributed by atoms with van der Waals surface area (Å²) >= 11 is 1.29. The number of hydrogen-bond acceptors (Lipinski definition) is 5. The van der Waals surface area contributed by atoms with E-state index in [1.54, 1.807) is 36.4 Å². The Morgan fingerprint density at radius 1 is 1.11 bits per heavy atom. The summed E-state index contributed by atoms with van der Waals surface area (Å²) in [5, 5.41) is 20.2. The Hall–Kier alpha value is -2.87. The monoisotopic (exact) mass is 387 g/mol. The predicted molar refractivity (Wildman–Crippen MR) is 107 cm³/mol. The van der Waals surface area contributed by atoms with Gasteiger partial charge in [-0.15, -0.1) is 0 Å². The highest BCUT2D eigenvalue weighted by molar-refractivity contribution is 7.97. The fourth-order valence-corrected chi connectivity index (χ4v) is 3.29. The minimum atomic E-state index is -0.995. The number of nitro groups is 1. The van der Waals surface area contributed by atoms with Gasteiger partial charge in [-0.2, -0.15) is 4.40 Å². The van der Waals surface area contributed by atoms with Crippen LogP contribution in [-0.2, 0) is 5.75 Å².